The van der Waals surface area contributed by atoms with Crippen LogP contribution in [0.15, 0.2) is 114 Å². The van der Waals surface area contributed by atoms with Crippen molar-refractivity contribution in [3.8, 4) is 0 Å². The second kappa shape index (κ2) is 11.1. The average Bonchev–Trinajstić information content (AvgIpc) is 3.17. The van der Waals surface area contributed by atoms with Gasteiger partial charge in [0, 0.05) is 0 Å². The van der Waals surface area contributed by atoms with Crippen molar-refractivity contribution in [2.75, 3.05) is 0 Å². The van der Waals surface area contributed by atoms with E-state index < -0.39 is 24.7 Å². The minimum absolute atomic E-state index is 0.248. The van der Waals surface area contributed by atoms with E-state index in [-0.39, 0.29) is 3.72 Å². The first-order chi connectivity index (χ1) is 17.8. The van der Waals surface area contributed by atoms with Crippen LogP contribution in [0.2, 0.25) is 29.4 Å². The molecule has 5 rings (SSSR count). The van der Waals surface area contributed by atoms with Gasteiger partial charge < -0.3 is 0 Å². The molecule has 0 aliphatic heterocycles. The van der Waals surface area contributed by atoms with Crippen molar-refractivity contribution in [1.29, 1.82) is 0 Å². The monoisotopic (exact) mass is 540 g/mol. The number of allylic oxidation sites excluding steroid dienone is 4. The summed E-state index contributed by atoms with van der Waals surface area (Å²) in [7, 11) is -1.30. The van der Waals surface area contributed by atoms with Gasteiger partial charge in [0.15, 0.2) is 0 Å². The van der Waals surface area contributed by atoms with Gasteiger partial charge in [0.2, 0.25) is 0 Å². The second-order valence-corrected chi connectivity index (χ2v) is 25.7. The molecule has 3 aromatic rings. The summed E-state index contributed by atoms with van der Waals surface area (Å²) >= 11 is -2.83. The van der Waals surface area contributed by atoms with Gasteiger partial charge in [0.25, 0.3) is 0 Å². The predicted molar refractivity (Wildman–Crippen MR) is 161 cm³/mol. The fraction of sp³-hybridized carbons (Fsp3) is 0.371. The van der Waals surface area contributed by atoms with E-state index in [1.165, 1.54) is 45.9 Å². The molecule has 1 atom stereocenters. The molecule has 0 spiro atoms. The number of hydrogen-bond acceptors (Lipinski definition) is 0. The zero-order chi connectivity index (χ0) is 25.9. The van der Waals surface area contributed by atoms with E-state index in [1.54, 1.807) is 22.3 Å². The molecule has 0 radical (unpaired) electrons. The Labute approximate surface area is 230 Å². The first kappa shape index (κ1) is 26.7. The topological polar surface area (TPSA) is 0 Å². The third kappa shape index (κ3) is 5.75. The van der Waals surface area contributed by atoms with Crippen molar-refractivity contribution in [2.24, 2.45) is 0 Å². The van der Waals surface area contributed by atoms with Crippen molar-refractivity contribution >= 4 is 8.07 Å². The van der Waals surface area contributed by atoms with Crippen LogP contribution in [0.25, 0.3) is 0 Å². The van der Waals surface area contributed by atoms with Gasteiger partial charge in [-0.2, -0.15) is 0 Å². The first-order valence-electron chi connectivity index (χ1n) is 14.3. The Hall–Kier alpha value is -1.93. The minimum atomic E-state index is -2.83. The van der Waals surface area contributed by atoms with Crippen LogP contribution in [-0.4, -0.2) is 8.07 Å². The summed E-state index contributed by atoms with van der Waals surface area (Å²) in [6.07, 6.45) is 8.07. The van der Waals surface area contributed by atoms with Gasteiger partial charge in [-0.05, 0) is 0 Å². The Bertz CT molecular complexity index is 1150. The van der Waals surface area contributed by atoms with Crippen molar-refractivity contribution in [3.63, 3.8) is 0 Å². The summed E-state index contributed by atoms with van der Waals surface area (Å²) < 4.78 is 4.08. The average molecular weight is 541 g/mol. The Morgan fingerprint density at radius 1 is 0.649 bits per heavy atom. The number of rotatable bonds is 9. The molecule has 37 heavy (non-hydrogen) atoms. The van der Waals surface area contributed by atoms with E-state index >= 15 is 0 Å². The molecule has 0 bridgehead atoms. The van der Waals surface area contributed by atoms with E-state index in [4.69, 9.17) is 0 Å². The zero-order valence-corrected chi connectivity index (χ0v) is 26.0. The Morgan fingerprint density at radius 3 is 1.51 bits per heavy atom. The van der Waals surface area contributed by atoms with Crippen LogP contribution in [0, 0.1) is 0 Å². The molecular formula is C35H44SiTi. The van der Waals surface area contributed by atoms with E-state index in [0.29, 0.717) is 0 Å². The summed E-state index contributed by atoms with van der Waals surface area (Å²) in [5, 5.41) is 0. The molecule has 0 aromatic heterocycles. The van der Waals surface area contributed by atoms with Crippen molar-refractivity contribution < 1.29 is 16.6 Å². The second-order valence-electron chi connectivity index (χ2n) is 13.0. The third-order valence-corrected chi connectivity index (χ3v) is 19.9. The standard InChI is InChI=1S/C14H23Si.3C7H7.Ti/c1-11-13(10-15(2,3)4)9-12-7-5-6-8-14(11)12;3*1-7-5-3-2-4-6-7;/h9H,5-8,10H2,1-4H3;3*2-6H,1H2;. The van der Waals surface area contributed by atoms with E-state index in [0.717, 1.165) is 0 Å². The van der Waals surface area contributed by atoms with Crippen LogP contribution < -0.4 is 0 Å². The molecule has 3 aromatic carbocycles. The number of hydrogen-bond donors (Lipinski definition) is 0. The van der Waals surface area contributed by atoms with Crippen molar-refractivity contribution in [2.45, 2.75) is 76.2 Å². The summed E-state index contributed by atoms with van der Waals surface area (Å²) in [6.45, 7) is 10.5. The molecule has 0 saturated carbocycles. The molecule has 0 saturated heterocycles. The maximum absolute atomic E-state index is 2.83. The Morgan fingerprint density at radius 2 is 1.08 bits per heavy atom. The van der Waals surface area contributed by atoms with Gasteiger partial charge in [0.05, 0.1) is 0 Å². The Kier molecular flexibility index (Phi) is 7.96. The normalized spacial score (nSPS) is 20.1. The molecule has 2 heteroatoms. The third-order valence-electron chi connectivity index (χ3n) is 9.04. The van der Waals surface area contributed by atoms with Gasteiger partial charge in [-0.1, -0.05) is 0 Å². The van der Waals surface area contributed by atoms with E-state index in [2.05, 4.69) is 124 Å². The fourth-order valence-corrected chi connectivity index (χ4v) is 19.0. The van der Waals surface area contributed by atoms with Crippen LogP contribution in [0.1, 0.15) is 49.3 Å². The van der Waals surface area contributed by atoms with E-state index in [9.17, 15) is 0 Å². The van der Waals surface area contributed by atoms with Gasteiger partial charge >= 0.3 is 231 Å². The van der Waals surface area contributed by atoms with Gasteiger partial charge in [0.1, 0.15) is 0 Å². The van der Waals surface area contributed by atoms with Crippen molar-refractivity contribution in [3.05, 3.63) is 130 Å². The van der Waals surface area contributed by atoms with Gasteiger partial charge in [-0.15, -0.1) is 0 Å². The van der Waals surface area contributed by atoms with Crippen molar-refractivity contribution in [1.82, 2.24) is 0 Å². The SMILES string of the molecule is C[C]1([Ti]([CH2]c2ccccc2)([CH2]c2ccccc2)[CH2]c2ccccc2)C(C[Si](C)(C)C)=CC2=C1CCCC2. The zero-order valence-electron chi connectivity index (χ0n) is 23.4. The summed E-state index contributed by atoms with van der Waals surface area (Å²) in [5.41, 5.74) is 10.1. The molecule has 0 amide bonds. The predicted octanol–water partition coefficient (Wildman–Crippen LogP) is 10.1. The molecule has 1 unspecified atom stereocenters. The van der Waals surface area contributed by atoms with Crippen LogP contribution in [0.4, 0.5) is 0 Å². The quantitative estimate of drug-likeness (QED) is 0.237. The van der Waals surface area contributed by atoms with Crippen LogP contribution in [0.5, 0.6) is 0 Å². The molecule has 0 fully saturated rings. The molecule has 192 valence electrons. The molecular weight excluding hydrogens is 496 g/mol. The molecule has 0 heterocycles. The first-order valence-corrected chi connectivity index (χ1v) is 22.1. The summed E-state index contributed by atoms with van der Waals surface area (Å²) in [5.74, 6) is 0. The number of benzene rings is 3. The summed E-state index contributed by atoms with van der Waals surface area (Å²) in [6, 6.07) is 35.9. The van der Waals surface area contributed by atoms with Gasteiger partial charge in [-0.3, -0.25) is 0 Å². The Balaban J connectivity index is 1.74. The van der Waals surface area contributed by atoms with Crippen LogP contribution in [-0.2, 0) is 30.8 Å². The van der Waals surface area contributed by atoms with Gasteiger partial charge in [-0.25, -0.2) is 0 Å². The molecule has 0 nitrogen and oxygen atoms in total. The summed E-state index contributed by atoms with van der Waals surface area (Å²) in [4.78, 5) is 0. The fourth-order valence-electron chi connectivity index (χ4n) is 7.34. The van der Waals surface area contributed by atoms with E-state index in [1.807, 2.05) is 11.1 Å². The van der Waals surface area contributed by atoms with Crippen LogP contribution in [0.3, 0.4) is 0 Å². The molecule has 0 N–H and O–H groups in total. The van der Waals surface area contributed by atoms with Crippen LogP contribution >= 0.6 is 0 Å². The maximum atomic E-state index is 2.75. The molecule has 2 aliphatic carbocycles. The molecule has 2 aliphatic rings.